The van der Waals surface area contributed by atoms with Crippen LogP contribution >= 0.6 is 11.8 Å². The molecule has 0 bridgehead atoms. The molecule has 2 unspecified atom stereocenters. The lowest BCUT2D eigenvalue weighted by Crippen LogP contribution is -2.54. The normalized spacial score (nSPS) is 14.0. The van der Waals surface area contributed by atoms with Crippen LogP contribution in [0.25, 0.3) is 0 Å². The number of unbranched alkanes of at least 4 members (excludes halogenated alkanes) is 1. The minimum absolute atomic E-state index is 0.0845. The number of rotatable bonds is 14. The lowest BCUT2D eigenvalue weighted by molar-refractivity contribution is -0.145. The molecule has 2 amide bonds. The zero-order chi connectivity index (χ0) is 28.1. The Labute approximate surface area is 228 Å². The first-order valence-corrected chi connectivity index (χ1v) is 13.7. The number of nitrogens with one attached hydrogen (secondary N) is 2. The number of methoxy groups -OCH3 is 1. The molecule has 0 aromatic heterocycles. The fourth-order valence-corrected chi connectivity index (χ4v) is 5.02. The summed E-state index contributed by atoms with van der Waals surface area (Å²) in [5.41, 5.74) is 1.68. The van der Waals surface area contributed by atoms with Crippen molar-refractivity contribution in [1.82, 2.24) is 10.6 Å². The van der Waals surface area contributed by atoms with Gasteiger partial charge in [-0.3, -0.25) is 14.4 Å². The van der Waals surface area contributed by atoms with Crippen LogP contribution in [0.3, 0.4) is 0 Å². The molecule has 2 aromatic rings. The molecule has 0 saturated heterocycles. The van der Waals surface area contributed by atoms with Gasteiger partial charge in [0.15, 0.2) is 5.12 Å². The summed E-state index contributed by atoms with van der Waals surface area (Å²) in [7, 11) is 1.25. The second-order valence-corrected chi connectivity index (χ2v) is 10.8. The van der Waals surface area contributed by atoms with Crippen LogP contribution in [0.1, 0.15) is 51.2 Å². The second-order valence-electron chi connectivity index (χ2n) is 9.27. The van der Waals surface area contributed by atoms with Crippen LogP contribution in [0.5, 0.6) is 5.75 Å². The topological polar surface area (TPSA) is 122 Å². The largest absolute Gasteiger partial charge is 0.508 e. The van der Waals surface area contributed by atoms with Gasteiger partial charge in [-0.2, -0.15) is 0 Å². The molecule has 9 heteroatoms. The Morgan fingerprint density at radius 2 is 1.50 bits per heavy atom. The molecule has 0 aliphatic heterocycles. The van der Waals surface area contributed by atoms with Crippen LogP contribution in [0.15, 0.2) is 54.6 Å². The van der Waals surface area contributed by atoms with E-state index in [2.05, 4.69) is 10.6 Å². The molecule has 0 aliphatic rings. The van der Waals surface area contributed by atoms with Crippen LogP contribution < -0.4 is 10.6 Å². The van der Waals surface area contributed by atoms with Gasteiger partial charge in [0, 0.05) is 18.6 Å². The Morgan fingerprint density at radius 3 is 2.08 bits per heavy atom. The number of esters is 1. The van der Waals surface area contributed by atoms with E-state index in [1.807, 2.05) is 44.2 Å². The Morgan fingerprint density at radius 1 is 0.895 bits per heavy atom. The number of aromatic hydroxyl groups is 1. The smallest absolute Gasteiger partial charge is 0.328 e. The molecule has 2 rings (SSSR count). The Hall–Kier alpha value is -3.33. The quantitative estimate of drug-likeness (QED) is 0.311. The number of benzene rings is 2. The van der Waals surface area contributed by atoms with E-state index < -0.39 is 29.9 Å². The third-order valence-corrected chi connectivity index (χ3v) is 7.24. The summed E-state index contributed by atoms with van der Waals surface area (Å²) in [6.07, 6.45) is 2.49. The van der Waals surface area contributed by atoms with Gasteiger partial charge < -0.3 is 20.5 Å². The zero-order valence-corrected chi connectivity index (χ0v) is 23.3. The summed E-state index contributed by atoms with van der Waals surface area (Å²) in [4.78, 5) is 51.1. The molecule has 0 saturated carbocycles. The Kier molecular flexibility index (Phi) is 12.9. The summed E-state index contributed by atoms with van der Waals surface area (Å²) < 4.78 is 4.90. The van der Waals surface area contributed by atoms with Crippen molar-refractivity contribution in [2.45, 2.75) is 70.2 Å². The highest BCUT2D eigenvalue weighted by molar-refractivity contribution is 8.14. The van der Waals surface area contributed by atoms with Crippen LogP contribution in [-0.2, 0) is 36.8 Å². The summed E-state index contributed by atoms with van der Waals surface area (Å²) in [5.74, 6) is -1.86. The number of phenols is 1. The van der Waals surface area contributed by atoms with E-state index in [1.54, 1.807) is 12.1 Å². The highest BCUT2D eigenvalue weighted by atomic mass is 32.2. The zero-order valence-electron chi connectivity index (χ0n) is 22.4. The highest BCUT2D eigenvalue weighted by Crippen LogP contribution is 2.24. The van der Waals surface area contributed by atoms with E-state index in [1.165, 1.54) is 26.2 Å². The third kappa shape index (κ3) is 10.2. The van der Waals surface area contributed by atoms with Gasteiger partial charge in [-0.1, -0.05) is 80.9 Å². The molecule has 206 valence electrons. The van der Waals surface area contributed by atoms with Crippen LogP contribution in [-0.4, -0.2) is 52.4 Å². The number of carbonyl (C=O) groups is 4. The number of ether oxygens (including phenoxy) is 1. The highest BCUT2D eigenvalue weighted by Gasteiger charge is 2.32. The average Bonchev–Trinajstić information content (AvgIpc) is 2.89. The van der Waals surface area contributed by atoms with Crippen LogP contribution in [0.2, 0.25) is 0 Å². The van der Waals surface area contributed by atoms with Crippen molar-refractivity contribution in [3.63, 3.8) is 0 Å². The van der Waals surface area contributed by atoms with Crippen molar-refractivity contribution < 1.29 is 29.0 Å². The molecule has 0 radical (unpaired) electrons. The average molecular weight is 543 g/mol. The van der Waals surface area contributed by atoms with E-state index in [9.17, 15) is 24.3 Å². The van der Waals surface area contributed by atoms with Gasteiger partial charge in [0.25, 0.3) is 0 Å². The summed E-state index contributed by atoms with van der Waals surface area (Å²) in [5, 5.41) is 14.8. The monoisotopic (exact) mass is 542 g/mol. The van der Waals surface area contributed by atoms with E-state index in [0.29, 0.717) is 19.3 Å². The Bertz CT molecular complexity index is 1060. The van der Waals surface area contributed by atoms with Gasteiger partial charge in [0.05, 0.1) is 13.0 Å². The number of hydrogen-bond donors (Lipinski definition) is 3. The van der Waals surface area contributed by atoms with Crippen molar-refractivity contribution in [3.05, 3.63) is 65.7 Å². The van der Waals surface area contributed by atoms with Crippen LogP contribution in [0.4, 0.5) is 0 Å². The molecule has 3 N–H and O–H groups in total. The molecule has 0 aliphatic carbocycles. The number of amides is 2. The summed E-state index contributed by atoms with van der Waals surface area (Å²) in [6, 6.07) is 14.0. The molecular formula is C29H38N2O6S. The molecule has 0 heterocycles. The second kappa shape index (κ2) is 15.8. The van der Waals surface area contributed by atoms with Gasteiger partial charge in [-0.05, 0) is 36.1 Å². The maximum atomic E-state index is 13.5. The first-order valence-electron chi connectivity index (χ1n) is 12.8. The molecule has 4 atom stereocenters. The third-order valence-electron chi connectivity index (χ3n) is 6.21. The Balaban J connectivity index is 2.22. The predicted octanol–water partition coefficient (Wildman–Crippen LogP) is 3.79. The molecule has 2 aromatic carbocycles. The molecular weight excluding hydrogens is 504 g/mol. The number of hydrogen-bond acceptors (Lipinski definition) is 7. The van der Waals surface area contributed by atoms with E-state index in [4.69, 9.17) is 4.74 Å². The molecule has 0 fully saturated rings. The number of carbonyl (C=O) groups excluding carboxylic acids is 4. The first-order chi connectivity index (χ1) is 18.1. The lowest BCUT2D eigenvalue weighted by Gasteiger charge is -2.27. The fraction of sp³-hybridized carbons (Fsp3) is 0.448. The van der Waals surface area contributed by atoms with Gasteiger partial charge in [-0.25, -0.2) is 4.79 Å². The van der Waals surface area contributed by atoms with Gasteiger partial charge in [0.2, 0.25) is 11.8 Å². The summed E-state index contributed by atoms with van der Waals surface area (Å²) in [6.45, 7) is 5.30. The minimum Gasteiger partial charge on any atom is -0.508 e. The fourth-order valence-electron chi connectivity index (χ4n) is 4.12. The van der Waals surface area contributed by atoms with Crippen molar-refractivity contribution in [3.8, 4) is 5.75 Å². The predicted molar refractivity (Wildman–Crippen MR) is 149 cm³/mol. The molecule has 38 heavy (non-hydrogen) atoms. The van der Waals surface area contributed by atoms with Crippen molar-refractivity contribution in [2.75, 3.05) is 7.11 Å². The van der Waals surface area contributed by atoms with Gasteiger partial charge >= 0.3 is 5.97 Å². The number of thioether (sulfide) groups is 1. The maximum absolute atomic E-state index is 13.5. The first kappa shape index (κ1) is 30.9. The van der Waals surface area contributed by atoms with Crippen LogP contribution in [0, 0.1) is 5.92 Å². The lowest BCUT2D eigenvalue weighted by atomic mass is 9.94. The summed E-state index contributed by atoms with van der Waals surface area (Å²) >= 11 is 1.10. The number of phenolic OH excluding ortho intramolecular Hbond substituents is 1. The van der Waals surface area contributed by atoms with E-state index in [0.717, 1.165) is 29.3 Å². The van der Waals surface area contributed by atoms with Crippen molar-refractivity contribution >= 4 is 34.7 Å². The molecule has 8 nitrogen and oxygen atoms in total. The van der Waals surface area contributed by atoms with E-state index in [-0.39, 0.29) is 28.4 Å². The van der Waals surface area contributed by atoms with Gasteiger partial charge in [-0.15, -0.1) is 0 Å². The van der Waals surface area contributed by atoms with E-state index >= 15 is 0 Å². The van der Waals surface area contributed by atoms with Gasteiger partial charge in [0.1, 0.15) is 17.8 Å². The molecule has 0 spiro atoms. The maximum Gasteiger partial charge on any atom is 0.328 e. The standard InChI is InChI=1S/C29H38N2O6S/c1-5-6-12-25(28(35)31-26(29(36)37-4)18-22-13-15-23(33)16-14-22)30-27(34)24(19(2)38-20(3)32)17-21-10-8-7-9-11-21/h7-11,13-16,19,24-26,33H,5-6,12,17-18H2,1-4H3,(H,30,34)(H,31,35)/t19?,24?,25-,26-/m0/s1. The van der Waals surface area contributed by atoms with Crippen molar-refractivity contribution in [1.29, 1.82) is 0 Å². The SMILES string of the molecule is CCCC[C@H](NC(=O)C(Cc1ccccc1)C(C)SC(C)=O)C(=O)N[C@@H](Cc1ccc(O)cc1)C(=O)OC. The minimum atomic E-state index is -0.967. The van der Waals surface area contributed by atoms with Crippen molar-refractivity contribution in [2.24, 2.45) is 5.92 Å².